The van der Waals surface area contributed by atoms with Crippen molar-refractivity contribution in [2.24, 2.45) is 23.3 Å². The van der Waals surface area contributed by atoms with E-state index in [1.807, 2.05) is 0 Å². The fourth-order valence-corrected chi connectivity index (χ4v) is 4.90. The summed E-state index contributed by atoms with van der Waals surface area (Å²) in [4.78, 5) is 25.0. The Kier molecular flexibility index (Phi) is 6.03. The second-order valence-electron chi connectivity index (χ2n) is 7.67. The van der Waals surface area contributed by atoms with Gasteiger partial charge in [-0.2, -0.15) is 0 Å². The Labute approximate surface area is 168 Å². The molecule has 11 heteroatoms. The van der Waals surface area contributed by atoms with Crippen LogP contribution in [0, 0.1) is 11.8 Å². The number of rotatable bonds is 2. The maximum Gasteiger partial charge on any atom is 0.530 e. The van der Waals surface area contributed by atoms with Crippen molar-refractivity contribution in [3.05, 3.63) is 18.2 Å². The van der Waals surface area contributed by atoms with E-state index in [2.05, 4.69) is 0 Å². The summed E-state index contributed by atoms with van der Waals surface area (Å²) in [6.07, 6.45) is -2.10. The van der Waals surface area contributed by atoms with Crippen molar-refractivity contribution in [1.82, 2.24) is 0 Å². The maximum absolute atomic E-state index is 13.7. The summed E-state index contributed by atoms with van der Waals surface area (Å²) in [5, 5.41) is 0. The summed E-state index contributed by atoms with van der Waals surface area (Å²) in [6.45, 7) is 6.93. The Bertz CT molecular complexity index is 858. The lowest BCUT2D eigenvalue weighted by Crippen LogP contribution is -2.49. The number of phosphoric ester groups is 1. The van der Waals surface area contributed by atoms with Gasteiger partial charge in [-0.05, 0) is 24.0 Å². The van der Waals surface area contributed by atoms with Crippen LogP contribution in [-0.2, 0) is 23.2 Å². The van der Waals surface area contributed by atoms with Crippen LogP contribution >= 0.6 is 7.82 Å². The third kappa shape index (κ3) is 4.46. The minimum absolute atomic E-state index is 0.0639. The average Bonchev–Trinajstić information content (AvgIpc) is 2.65. The lowest BCUT2D eigenvalue weighted by Gasteiger charge is -2.32. The van der Waals surface area contributed by atoms with Gasteiger partial charge in [0.2, 0.25) is 0 Å². The van der Waals surface area contributed by atoms with Gasteiger partial charge in [-0.25, -0.2) is 14.2 Å². The number of nitrogens with two attached hydrogens (primary N) is 2. The predicted molar refractivity (Wildman–Crippen MR) is 101 cm³/mol. The molecule has 29 heavy (non-hydrogen) atoms. The topological polar surface area (TPSA) is 149 Å². The molecule has 1 aromatic rings. The van der Waals surface area contributed by atoms with Gasteiger partial charge < -0.3 is 25.5 Å². The molecule has 3 aliphatic rings. The summed E-state index contributed by atoms with van der Waals surface area (Å²) in [6, 6.07) is 1.43. The largest absolute Gasteiger partial charge is 0.530 e. The molecule has 0 aliphatic carbocycles. The van der Waals surface area contributed by atoms with Gasteiger partial charge in [0.15, 0.2) is 11.5 Å². The number of hydrogen-bond acceptors (Lipinski definition) is 10. The molecule has 4 rings (SSSR count). The molecular formula is C18H25N2O8P. The molecule has 0 saturated heterocycles. The summed E-state index contributed by atoms with van der Waals surface area (Å²) < 4.78 is 41.2. The van der Waals surface area contributed by atoms with Crippen molar-refractivity contribution in [1.29, 1.82) is 0 Å². The molecule has 0 spiro atoms. The molecule has 0 saturated carbocycles. The zero-order valence-corrected chi connectivity index (χ0v) is 17.5. The third-order valence-electron chi connectivity index (χ3n) is 4.62. The van der Waals surface area contributed by atoms with E-state index in [1.165, 1.54) is 18.2 Å². The van der Waals surface area contributed by atoms with Gasteiger partial charge in [-0.1, -0.05) is 27.7 Å². The van der Waals surface area contributed by atoms with Crippen LogP contribution in [0.1, 0.15) is 27.7 Å². The van der Waals surface area contributed by atoms with Crippen molar-refractivity contribution >= 4 is 19.8 Å². The molecular weight excluding hydrogens is 403 g/mol. The fourth-order valence-electron chi connectivity index (χ4n) is 3.03. The Hall–Kier alpha value is -1.97. The smallest absolute Gasteiger partial charge is 0.425 e. The van der Waals surface area contributed by atoms with Crippen LogP contribution < -0.4 is 25.5 Å². The number of benzene rings is 1. The molecule has 5 atom stereocenters. The Balaban J connectivity index is 2.19. The summed E-state index contributed by atoms with van der Waals surface area (Å²) in [5.41, 5.74) is 12.1. The number of hydrogen-bond donors (Lipinski definition) is 2. The number of ether oxygens (including phenoxy) is 2. The lowest BCUT2D eigenvalue weighted by molar-refractivity contribution is -0.139. The Morgan fingerprint density at radius 1 is 0.862 bits per heavy atom. The first-order chi connectivity index (χ1) is 13.5. The quantitative estimate of drug-likeness (QED) is 0.405. The van der Waals surface area contributed by atoms with E-state index in [0.717, 1.165) is 0 Å². The fraction of sp³-hybridized carbons (Fsp3) is 0.556. The molecule has 3 heterocycles. The number of carbonyl (C=O) groups excluding carboxylic acids is 2. The van der Waals surface area contributed by atoms with Crippen LogP contribution in [0.4, 0.5) is 0 Å². The molecule has 0 fully saturated rings. The highest BCUT2D eigenvalue weighted by atomic mass is 31.2. The molecule has 0 radical (unpaired) electrons. The van der Waals surface area contributed by atoms with Crippen LogP contribution in [0.5, 0.6) is 17.2 Å². The number of phosphoric acid groups is 1. The van der Waals surface area contributed by atoms with E-state index in [-0.39, 0.29) is 29.1 Å². The highest BCUT2D eigenvalue weighted by Crippen LogP contribution is 2.56. The van der Waals surface area contributed by atoms with E-state index < -0.39 is 44.1 Å². The Morgan fingerprint density at radius 2 is 1.38 bits per heavy atom. The highest BCUT2D eigenvalue weighted by Gasteiger charge is 2.46. The number of fused-ring (bicyclic) bond motifs is 5. The summed E-state index contributed by atoms with van der Waals surface area (Å²) in [7, 11) is -4.40. The maximum atomic E-state index is 13.7. The molecule has 160 valence electrons. The van der Waals surface area contributed by atoms with Crippen molar-refractivity contribution in [2.75, 3.05) is 0 Å². The van der Waals surface area contributed by atoms with Gasteiger partial charge in [-0.15, -0.1) is 0 Å². The van der Waals surface area contributed by atoms with Gasteiger partial charge in [0.05, 0.1) is 12.2 Å². The Morgan fingerprint density at radius 3 is 1.90 bits per heavy atom. The molecule has 0 amide bonds. The zero-order valence-electron chi connectivity index (χ0n) is 16.6. The van der Waals surface area contributed by atoms with Crippen molar-refractivity contribution in [3.8, 4) is 17.2 Å². The van der Waals surface area contributed by atoms with Crippen LogP contribution in [0.2, 0.25) is 0 Å². The van der Waals surface area contributed by atoms with Gasteiger partial charge >= 0.3 is 19.8 Å². The molecule has 4 N–H and O–H groups in total. The van der Waals surface area contributed by atoms with Crippen molar-refractivity contribution in [2.45, 2.75) is 52.0 Å². The molecule has 0 aromatic heterocycles. The minimum Gasteiger partial charge on any atom is -0.425 e. The van der Waals surface area contributed by atoms with Crippen molar-refractivity contribution < 1.29 is 37.2 Å². The lowest BCUT2D eigenvalue weighted by atomic mass is 10.0. The molecule has 10 nitrogen and oxygen atoms in total. The summed E-state index contributed by atoms with van der Waals surface area (Å²) >= 11 is 0. The predicted octanol–water partition coefficient (Wildman–Crippen LogP) is 1.75. The zero-order chi connectivity index (χ0) is 21.5. The van der Waals surface area contributed by atoms with Crippen LogP contribution in [0.15, 0.2) is 18.2 Å². The molecule has 4 bridgehead atoms. The average molecular weight is 428 g/mol. The van der Waals surface area contributed by atoms with Crippen LogP contribution in [0.3, 0.4) is 0 Å². The standard InChI is InChI=1S/C18H25N2O8P/c1-8(2)15-13(19)17(21)24-10-5-6-11-12(7-10)25-18(22)14(20)16(9(3)4)28-29(23,26-11)27-15/h5-9,13-16H,19-20H2,1-4H3. The van der Waals surface area contributed by atoms with E-state index in [9.17, 15) is 14.2 Å². The highest BCUT2D eigenvalue weighted by molar-refractivity contribution is 7.49. The van der Waals surface area contributed by atoms with Crippen molar-refractivity contribution in [3.63, 3.8) is 0 Å². The number of carbonyl (C=O) groups is 2. The third-order valence-corrected chi connectivity index (χ3v) is 6.05. The van der Waals surface area contributed by atoms with Gasteiger partial charge in [-0.3, -0.25) is 9.05 Å². The first-order valence-corrected chi connectivity index (χ1v) is 10.7. The van der Waals surface area contributed by atoms with Gasteiger partial charge in [0.25, 0.3) is 0 Å². The second kappa shape index (κ2) is 8.04. The first kappa shape index (κ1) is 21.7. The normalized spacial score (nSPS) is 32.7. The minimum atomic E-state index is -4.40. The molecule has 1 aromatic carbocycles. The number of esters is 2. The van der Waals surface area contributed by atoms with Crippen LogP contribution in [0.25, 0.3) is 0 Å². The summed E-state index contributed by atoms with van der Waals surface area (Å²) in [5.74, 6) is -2.47. The monoisotopic (exact) mass is 428 g/mol. The van der Waals surface area contributed by atoms with Crippen LogP contribution in [-0.4, -0.2) is 36.2 Å². The second-order valence-corrected chi connectivity index (χ2v) is 9.17. The van der Waals surface area contributed by atoms with Gasteiger partial charge in [0, 0.05) is 6.07 Å². The molecule has 5 unspecified atom stereocenters. The van der Waals surface area contributed by atoms with Gasteiger partial charge in [0.1, 0.15) is 17.8 Å². The van der Waals surface area contributed by atoms with E-state index in [0.29, 0.717) is 0 Å². The first-order valence-electron chi connectivity index (χ1n) is 9.26. The van der Waals surface area contributed by atoms with E-state index in [4.69, 9.17) is 34.5 Å². The van der Waals surface area contributed by atoms with E-state index in [1.54, 1.807) is 27.7 Å². The SMILES string of the molecule is CC(C)C1OP2(=O)Oc3ccc(cc3OC(=O)C(N)C(C(C)C)O2)OC(=O)C1N. The van der Waals surface area contributed by atoms with E-state index >= 15 is 0 Å². The molecule has 3 aliphatic heterocycles.